The third-order valence-corrected chi connectivity index (χ3v) is 4.23. The first-order valence-electron chi connectivity index (χ1n) is 8.04. The standard InChI is InChI=1S/C21H14N2O3/c24-13-26-22-12-14-6-8-19-17(10-14)18-11-16(7-9-20(18)23-19)21(25)15-4-2-1-3-5-15/h1-13,23H/b22-12+. The van der Waals surface area contributed by atoms with E-state index in [2.05, 4.69) is 15.0 Å². The van der Waals surface area contributed by atoms with Gasteiger partial charge < -0.3 is 9.82 Å². The lowest BCUT2D eigenvalue weighted by molar-refractivity contribution is -0.128. The van der Waals surface area contributed by atoms with Gasteiger partial charge in [-0.15, -0.1) is 0 Å². The second-order valence-corrected chi connectivity index (χ2v) is 5.82. The molecule has 1 N–H and O–H groups in total. The van der Waals surface area contributed by atoms with Gasteiger partial charge in [-0.1, -0.05) is 41.6 Å². The van der Waals surface area contributed by atoms with E-state index in [0.717, 1.165) is 27.4 Å². The van der Waals surface area contributed by atoms with Crippen molar-refractivity contribution in [2.24, 2.45) is 5.16 Å². The Hall–Kier alpha value is -3.73. The minimum absolute atomic E-state index is 0.0149. The maximum absolute atomic E-state index is 12.7. The van der Waals surface area contributed by atoms with Crippen LogP contribution in [0.2, 0.25) is 0 Å². The van der Waals surface area contributed by atoms with Crippen molar-refractivity contribution in [3.63, 3.8) is 0 Å². The minimum Gasteiger partial charge on any atom is -0.355 e. The topological polar surface area (TPSA) is 71.5 Å². The summed E-state index contributed by atoms with van der Waals surface area (Å²) in [5.41, 5.74) is 3.99. The molecule has 1 aromatic heterocycles. The highest BCUT2D eigenvalue weighted by molar-refractivity contribution is 6.14. The number of nitrogens with zero attached hydrogens (tertiary/aromatic N) is 1. The van der Waals surface area contributed by atoms with E-state index >= 15 is 0 Å². The smallest absolute Gasteiger partial charge is 0.323 e. The van der Waals surface area contributed by atoms with Gasteiger partial charge in [0.2, 0.25) is 0 Å². The molecule has 4 aromatic rings. The molecule has 0 saturated carbocycles. The molecule has 126 valence electrons. The lowest BCUT2D eigenvalue weighted by Gasteiger charge is -2.02. The first kappa shape index (κ1) is 15.8. The van der Waals surface area contributed by atoms with Crippen LogP contribution in [0.5, 0.6) is 0 Å². The molecule has 0 aliphatic rings. The van der Waals surface area contributed by atoms with Gasteiger partial charge >= 0.3 is 6.47 Å². The van der Waals surface area contributed by atoms with Crippen molar-refractivity contribution in [1.29, 1.82) is 0 Å². The van der Waals surface area contributed by atoms with Gasteiger partial charge in [-0.25, -0.2) is 0 Å². The number of rotatable bonds is 5. The second kappa shape index (κ2) is 6.64. The van der Waals surface area contributed by atoms with E-state index in [-0.39, 0.29) is 12.3 Å². The number of aromatic nitrogens is 1. The van der Waals surface area contributed by atoms with E-state index in [4.69, 9.17) is 0 Å². The van der Waals surface area contributed by atoms with Crippen LogP contribution in [0.25, 0.3) is 21.8 Å². The molecule has 0 bridgehead atoms. The number of ketones is 1. The van der Waals surface area contributed by atoms with Crippen LogP contribution in [-0.4, -0.2) is 23.5 Å². The van der Waals surface area contributed by atoms with Crippen molar-refractivity contribution in [3.05, 3.63) is 83.4 Å². The van der Waals surface area contributed by atoms with Crippen molar-refractivity contribution >= 4 is 40.3 Å². The van der Waals surface area contributed by atoms with Crippen LogP contribution in [-0.2, 0) is 9.63 Å². The number of hydrogen-bond donors (Lipinski definition) is 1. The molecule has 0 fully saturated rings. The first-order chi connectivity index (χ1) is 12.8. The minimum atomic E-state index is -0.0149. The van der Waals surface area contributed by atoms with Gasteiger partial charge in [-0.2, -0.15) is 0 Å². The third kappa shape index (κ3) is 2.86. The Labute approximate surface area is 148 Å². The summed E-state index contributed by atoms with van der Waals surface area (Å²) >= 11 is 0. The summed E-state index contributed by atoms with van der Waals surface area (Å²) in [5.74, 6) is -0.0149. The lowest BCUT2D eigenvalue weighted by Crippen LogP contribution is -2.00. The van der Waals surface area contributed by atoms with Crippen LogP contribution < -0.4 is 0 Å². The van der Waals surface area contributed by atoms with Gasteiger partial charge in [0, 0.05) is 32.9 Å². The average Bonchev–Trinajstić information content (AvgIpc) is 3.05. The Kier molecular flexibility index (Phi) is 4.03. The van der Waals surface area contributed by atoms with Crippen LogP contribution in [0.4, 0.5) is 0 Å². The Morgan fingerprint density at radius 1 is 0.885 bits per heavy atom. The molecular formula is C21H14N2O3. The summed E-state index contributed by atoms with van der Waals surface area (Å²) in [6.07, 6.45) is 1.46. The van der Waals surface area contributed by atoms with Gasteiger partial charge in [-0.05, 0) is 35.9 Å². The summed E-state index contributed by atoms with van der Waals surface area (Å²) in [6.45, 7) is 0.266. The number of aromatic amines is 1. The molecule has 0 amide bonds. The maximum atomic E-state index is 12.7. The van der Waals surface area contributed by atoms with Crippen molar-refractivity contribution < 1.29 is 14.4 Å². The SMILES string of the molecule is O=CO/N=C/c1ccc2[nH]c3ccc(C(=O)c4ccccc4)cc3c2c1. The number of fused-ring (bicyclic) bond motifs is 3. The highest BCUT2D eigenvalue weighted by Crippen LogP contribution is 2.27. The molecule has 5 nitrogen and oxygen atoms in total. The van der Waals surface area contributed by atoms with Crippen molar-refractivity contribution in [2.75, 3.05) is 0 Å². The molecule has 0 atom stereocenters. The molecule has 26 heavy (non-hydrogen) atoms. The summed E-state index contributed by atoms with van der Waals surface area (Å²) in [6, 6.07) is 20.6. The molecule has 0 radical (unpaired) electrons. The fourth-order valence-corrected chi connectivity index (χ4v) is 3.01. The summed E-state index contributed by atoms with van der Waals surface area (Å²) in [7, 11) is 0. The number of nitrogens with one attached hydrogen (secondary N) is 1. The number of hydrogen-bond acceptors (Lipinski definition) is 4. The summed E-state index contributed by atoms with van der Waals surface area (Å²) < 4.78 is 0. The zero-order valence-electron chi connectivity index (χ0n) is 13.7. The fourth-order valence-electron chi connectivity index (χ4n) is 3.01. The maximum Gasteiger partial charge on any atom is 0.323 e. The van der Waals surface area contributed by atoms with Gasteiger partial charge in [-0.3, -0.25) is 9.59 Å². The largest absolute Gasteiger partial charge is 0.355 e. The molecule has 0 saturated heterocycles. The van der Waals surface area contributed by atoms with Crippen molar-refractivity contribution in [3.8, 4) is 0 Å². The van der Waals surface area contributed by atoms with Crippen LogP contribution >= 0.6 is 0 Å². The number of oxime groups is 1. The summed E-state index contributed by atoms with van der Waals surface area (Å²) in [5, 5.41) is 5.48. The normalized spacial score (nSPS) is 11.2. The predicted octanol–water partition coefficient (Wildman–Crippen LogP) is 4.06. The quantitative estimate of drug-likeness (QED) is 0.195. The molecule has 0 unspecified atom stereocenters. The Morgan fingerprint density at radius 2 is 1.62 bits per heavy atom. The predicted molar refractivity (Wildman–Crippen MR) is 100 cm³/mol. The highest BCUT2D eigenvalue weighted by atomic mass is 16.7. The number of H-pyrrole nitrogens is 1. The Morgan fingerprint density at radius 3 is 2.38 bits per heavy atom. The molecule has 4 rings (SSSR count). The average molecular weight is 342 g/mol. The molecule has 3 aromatic carbocycles. The van der Waals surface area contributed by atoms with E-state index in [1.54, 1.807) is 0 Å². The van der Waals surface area contributed by atoms with Crippen molar-refractivity contribution in [2.45, 2.75) is 0 Å². The van der Waals surface area contributed by atoms with E-state index in [0.29, 0.717) is 11.1 Å². The van der Waals surface area contributed by atoms with Crippen LogP contribution in [0.1, 0.15) is 21.5 Å². The van der Waals surface area contributed by atoms with Crippen LogP contribution in [0.15, 0.2) is 71.9 Å². The van der Waals surface area contributed by atoms with E-state index < -0.39 is 0 Å². The molecule has 0 aliphatic carbocycles. The number of carbonyl (C=O) groups excluding carboxylic acids is 2. The zero-order valence-corrected chi connectivity index (χ0v) is 13.7. The van der Waals surface area contributed by atoms with E-state index in [9.17, 15) is 9.59 Å². The van der Waals surface area contributed by atoms with Gasteiger partial charge in [0.1, 0.15) is 0 Å². The first-order valence-corrected chi connectivity index (χ1v) is 8.04. The van der Waals surface area contributed by atoms with Crippen LogP contribution in [0.3, 0.4) is 0 Å². The molecule has 1 heterocycles. The number of carbonyl (C=O) groups is 2. The van der Waals surface area contributed by atoms with Crippen molar-refractivity contribution in [1.82, 2.24) is 4.98 Å². The highest BCUT2D eigenvalue weighted by Gasteiger charge is 2.11. The molecule has 0 spiro atoms. The zero-order chi connectivity index (χ0) is 17.9. The van der Waals surface area contributed by atoms with Crippen LogP contribution in [0, 0.1) is 0 Å². The molecular weight excluding hydrogens is 328 g/mol. The Bertz CT molecular complexity index is 1140. The fraction of sp³-hybridized carbons (Fsp3) is 0. The molecule has 0 aliphatic heterocycles. The third-order valence-electron chi connectivity index (χ3n) is 4.23. The van der Waals surface area contributed by atoms with E-state index in [1.165, 1.54) is 6.21 Å². The lowest BCUT2D eigenvalue weighted by atomic mass is 10.0. The molecule has 5 heteroatoms. The number of benzene rings is 3. The van der Waals surface area contributed by atoms with Gasteiger partial charge in [0.15, 0.2) is 5.78 Å². The van der Waals surface area contributed by atoms with Gasteiger partial charge in [0.25, 0.3) is 0 Å². The van der Waals surface area contributed by atoms with Gasteiger partial charge in [0.05, 0.1) is 6.21 Å². The van der Waals surface area contributed by atoms with E-state index in [1.807, 2.05) is 66.7 Å². The second-order valence-electron chi connectivity index (χ2n) is 5.82. The summed E-state index contributed by atoms with van der Waals surface area (Å²) in [4.78, 5) is 30.6. The monoisotopic (exact) mass is 342 g/mol. The Balaban J connectivity index is 1.81.